The van der Waals surface area contributed by atoms with Crippen molar-refractivity contribution in [2.75, 3.05) is 32.8 Å². The molecule has 0 unspecified atom stereocenters. The Hall–Kier alpha value is -0.350. The van der Waals surface area contributed by atoms with Gasteiger partial charge in [-0.15, -0.1) is 0 Å². The number of carbonyl (C=O) groups is 1. The number of morpholine rings is 1. The fourth-order valence-electron chi connectivity index (χ4n) is 1.27. The van der Waals surface area contributed by atoms with Crippen molar-refractivity contribution in [2.45, 2.75) is 6.18 Å². The number of rotatable bonds is 5. The van der Waals surface area contributed by atoms with E-state index in [1.165, 1.54) is 4.12 Å². The Balaban J connectivity index is 2.16. The first-order valence-corrected chi connectivity index (χ1v) is 8.07. The molecule has 3 nitrogen and oxygen atoms in total. The van der Waals surface area contributed by atoms with E-state index in [2.05, 4.69) is 4.90 Å². The van der Waals surface area contributed by atoms with Gasteiger partial charge in [0.15, 0.2) is 0 Å². The van der Waals surface area contributed by atoms with Gasteiger partial charge in [0.2, 0.25) is 0 Å². The Morgan fingerprint density at radius 3 is 2.56 bits per heavy atom. The summed E-state index contributed by atoms with van der Waals surface area (Å²) in [5.41, 5.74) is 0. The van der Waals surface area contributed by atoms with E-state index in [4.69, 9.17) is 4.74 Å². The number of allylic oxidation sites excluding steroid dienone is 1. The maximum absolute atomic E-state index is 11.8. The molecular formula is C11H14F3NO2Te. The van der Waals surface area contributed by atoms with Gasteiger partial charge in [-0.25, -0.2) is 0 Å². The van der Waals surface area contributed by atoms with E-state index in [0.29, 0.717) is 6.08 Å². The minimum atomic E-state index is -4.75. The van der Waals surface area contributed by atoms with Crippen LogP contribution in [0, 0.1) is 0 Å². The molecule has 0 saturated carbocycles. The average Bonchev–Trinajstić information content (AvgIpc) is 2.33. The normalized spacial score (nSPS) is 18.8. The van der Waals surface area contributed by atoms with E-state index in [1.807, 2.05) is 10.2 Å². The van der Waals surface area contributed by atoms with Crippen LogP contribution in [-0.4, -0.2) is 70.6 Å². The molecule has 0 bridgehead atoms. The van der Waals surface area contributed by atoms with E-state index in [-0.39, 0.29) is 0 Å². The van der Waals surface area contributed by atoms with Gasteiger partial charge in [0.1, 0.15) is 0 Å². The number of hydrogen-bond donors (Lipinski definition) is 0. The monoisotopic (exact) mass is 379 g/mol. The third kappa shape index (κ3) is 6.55. The van der Waals surface area contributed by atoms with Crippen molar-refractivity contribution >= 4 is 26.7 Å². The predicted molar refractivity (Wildman–Crippen MR) is 62.4 cm³/mol. The number of carbonyl (C=O) groups excluding carboxylic acids is 1. The van der Waals surface area contributed by atoms with Crippen molar-refractivity contribution in [3.63, 3.8) is 0 Å². The Morgan fingerprint density at radius 2 is 1.94 bits per heavy atom. The van der Waals surface area contributed by atoms with Gasteiger partial charge in [-0.3, -0.25) is 0 Å². The Kier molecular flexibility index (Phi) is 6.94. The zero-order valence-electron chi connectivity index (χ0n) is 9.65. The van der Waals surface area contributed by atoms with Crippen LogP contribution in [0.15, 0.2) is 20.4 Å². The quantitative estimate of drug-likeness (QED) is 0.533. The van der Waals surface area contributed by atoms with Crippen LogP contribution < -0.4 is 0 Å². The predicted octanol–water partition coefficient (Wildman–Crippen LogP) is 1.18. The van der Waals surface area contributed by atoms with Crippen LogP contribution in [0.1, 0.15) is 0 Å². The molecule has 0 atom stereocenters. The van der Waals surface area contributed by atoms with E-state index < -0.39 is 32.9 Å². The second-order valence-corrected chi connectivity index (χ2v) is 5.92. The first-order chi connectivity index (χ1) is 8.50. The summed E-state index contributed by atoms with van der Waals surface area (Å²) in [5, 5.41) is 0. The van der Waals surface area contributed by atoms with E-state index in [9.17, 15) is 18.0 Å². The molecule has 0 aromatic rings. The molecule has 102 valence electrons. The van der Waals surface area contributed by atoms with Crippen LogP contribution in [0.4, 0.5) is 13.2 Å². The van der Waals surface area contributed by atoms with Crippen LogP contribution >= 0.6 is 0 Å². The summed E-state index contributed by atoms with van der Waals surface area (Å²) < 4.78 is 43.9. The summed E-state index contributed by atoms with van der Waals surface area (Å²) in [7, 11) is 0. The van der Waals surface area contributed by atoms with Gasteiger partial charge < -0.3 is 0 Å². The molecule has 0 amide bonds. The summed E-state index contributed by atoms with van der Waals surface area (Å²) in [5.74, 6) is -1.78. The third-order valence-electron chi connectivity index (χ3n) is 2.22. The van der Waals surface area contributed by atoms with Gasteiger partial charge in [0, 0.05) is 0 Å². The van der Waals surface area contributed by atoms with Gasteiger partial charge in [-0.1, -0.05) is 0 Å². The fourth-order valence-corrected chi connectivity index (χ4v) is 2.67. The number of halogens is 3. The van der Waals surface area contributed by atoms with Crippen LogP contribution in [0.3, 0.4) is 0 Å². The van der Waals surface area contributed by atoms with Crippen molar-refractivity contribution < 1.29 is 22.7 Å². The van der Waals surface area contributed by atoms with Crippen molar-refractivity contribution in [1.29, 1.82) is 0 Å². The first kappa shape index (κ1) is 15.7. The molecule has 0 radical (unpaired) electrons. The number of alkyl halides is 3. The second kappa shape index (κ2) is 7.95. The molecule has 1 aliphatic heterocycles. The van der Waals surface area contributed by atoms with Crippen LogP contribution in [-0.2, 0) is 9.53 Å². The minimum absolute atomic E-state index is 0.626. The molecule has 1 heterocycles. The topological polar surface area (TPSA) is 29.5 Å². The molecule has 1 fully saturated rings. The van der Waals surface area contributed by atoms with Gasteiger partial charge in [-0.2, -0.15) is 0 Å². The van der Waals surface area contributed by atoms with Crippen molar-refractivity contribution in [1.82, 2.24) is 4.90 Å². The summed E-state index contributed by atoms with van der Waals surface area (Å²) in [4.78, 5) is 12.7. The fraction of sp³-hybridized carbons (Fsp3) is 0.545. The van der Waals surface area contributed by atoms with Crippen LogP contribution in [0.25, 0.3) is 0 Å². The van der Waals surface area contributed by atoms with E-state index in [1.54, 1.807) is 0 Å². The molecular weight excluding hydrogens is 363 g/mol. The molecule has 1 saturated heterocycles. The molecule has 0 N–H and O–H groups in total. The summed E-state index contributed by atoms with van der Waals surface area (Å²) in [6.45, 7) is 4.00. The van der Waals surface area contributed by atoms with Crippen LogP contribution in [0.5, 0.6) is 0 Å². The molecule has 0 aromatic carbocycles. The molecule has 1 rings (SSSR count). The third-order valence-corrected chi connectivity index (χ3v) is 4.05. The number of hydrogen-bond acceptors (Lipinski definition) is 3. The SMILES string of the molecule is O=C(/C=C\[Te]/C=C\CN1CCOCC1)C(F)(F)F. The standard InChI is InChI=1S/C11H14F3NO2Te/c12-11(13,14)10(16)2-9-18-8-1-3-15-4-6-17-7-5-15/h1-2,8-9H,3-7H2/b8-1-,9-2-. The van der Waals surface area contributed by atoms with Gasteiger partial charge in [0.05, 0.1) is 0 Å². The maximum atomic E-state index is 11.8. The van der Waals surface area contributed by atoms with Gasteiger partial charge in [0.25, 0.3) is 0 Å². The Morgan fingerprint density at radius 1 is 1.28 bits per heavy atom. The molecule has 7 heteroatoms. The number of ketones is 1. The van der Waals surface area contributed by atoms with Crippen LogP contribution in [0.2, 0.25) is 0 Å². The zero-order valence-corrected chi connectivity index (χ0v) is 12.0. The summed E-state index contributed by atoms with van der Waals surface area (Å²) >= 11 is -0.799. The Bertz CT molecular complexity index is 323. The zero-order chi connectivity index (χ0) is 13.4. The average molecular weight is 377 g/mol. The van der Waals surface area contributed by atoms with Gasteiger partial charge in [-0.05, 0) is 0 Å². The molecule has 1 aliphatic rings. The molecule has 0 aromatic heterocycles. The van der Waals surface area contributed by atoms with Gasteiger partial charge >= 0.3 is 114 Å². The second-order valence-electron chi connectivity index (χ2n) is 3.59. The van der Waals surface area contributed by atoms with Crippen molar-refractivity contribution in [3.05, 3.63) is 20.4 Å². The summed E-state index contributed by atoms with van der Waals surface area (Å²) in [6, 6.07) is 0. The number of ether oxygens (including phenoxy) is 1. The van der Waals surface area contributed by atoms with E-state index >= 15 is 0 Å². The molecule has 18 heavy (non-hydrogen) atoms. The van der Waals surface area contributed by atoms with Crippen molar-refractivity contribution in [2.24, 2.45) is 0 Å². The van der Waals surface area contributed by atoms with Crippen molar-refractivity contribution in [3.8, 4) is 0 Å². The molecule has 0 aliphatic carbocycles. The summed E-state index contributed by atoms with van der Waals surface area (Å²) in [6.07, 6.45) is -2.18. The van der Waals surface area contributed by atoms with E-state index in [0.717, 1.165) is 32.8 Å². The Labute approximate surface area is 114 Å². The number of nitrogens with zero attached hydrogens (tertiary/aromatic N) is 1. The molecule has 0 spiro atoms. The first-order valence-electron chi connectivity index (χ1n) is 5.38.